The number of pyridine rings is 1. The quantitative estimate of drug-likeness (QED) is 0.819. The number of aliphatic carboxylic acids is 1. The molecule has 0 saturated heterocycles. The minimum Gasteiger partial charge on any atom is -0.479 e. The largest absolute Gasteiger partial charge is 0.479 e. The van der Waals surface area contributed by atoms with Gasteiger partial charge in [-0.3, -0.25) is 9.78 Å². The van der Waals surface area contributed by atoms with E-state index < -0.39 is 23.8 Å². The molecule has 0 fully saturated rings. The van der Waals surface area contributed by atoms with Gasteiger partial charge < -0.3 is 5.11 Å². The summed E-state index contributed by atoms with van der Waals surface area (Å²) >= 11 is 0. The number of carboxylic acid groups (broad SMARTS) is 1. The van der Waals surface area contributed by atoms with E-state index in [9.17, 15) is 14.0 Å². The Balaban J connectivity index is 2.31. The van der Waals surface area contributed by atoms with Crippen LogP contribution in [0.25, 0.3) is 0 Å². The second kappa shape index (κ2) is 4.00. The monoisotopic (exact) mass is 223 g/mol. The van der Waals surface area contributed by atoms with Crippen molar-refractivity contribution in [3.63, 3.8) is 0 Å². The summed E-state index contributed by atoms with van der Waals surface area (Å²) in [6.45, 7) is 0. The first kappa shape index (κ1) is 10.7. The highest BCUT2D eigenvalue weighted by atomic mass is 19.1. The zero-order valence-electron chi connectivity index (χ0n) is 8.39. The van der Waals surface area contributed by atoms with E-state index in [1.807, 2.05) is 0 Å². The van der Waals surface area contributed by atoms with Crippen LogP contribution in [-0.2, 0) is 11.2 Å². The summed E-state index contributed by atoms with van der Waals surface area (Å²) in [6, 6.07) is 1.51. The average molecular weight is 223 g/mol. The summed E-state index contributed by atoms with van der Waals surface area (Å²) in [5, 5.41) is 8.56. The number of rotatable bonds is 2. The van der Waals surface area contributed by atoms with Crippen LogP contribution in [0.1, 0.15) is 22.3 Å². The van der Waals surface area contributed by atoms with Gasteiger partial charge in [-0.05, 0) is 24.5 Å². The van der Waals surface area contributed by atoms with Crippen LogP contribution in [0, 0.1) is 5.92 Å². The van der Waals surface area contributed by atoms with E-state index in [1.54, 1.807) is 6.20 Å². The molecule has 0 aromatic carbocycles. The van der Waals surface area contributed by atoms with E-state index >= 15 is 0 Å². The minimum atomic E-state index is -2.12. The van der Waals surface area contributed by atoms with Crippen molar-refractivity contribution in [2.75, 3.05) is 0 Å². The van der Waals surface area contributed by atoms with Gasteiger partial charge in [-0.15, -0.1) is 0 Å². The summed E-state index contributed by atoms with van der Waals surface area (Å²) in [4.78, 5) is 26.2. The number of hydrogen-bond acceptors (Lipinski definition) is 3. The first-order valence-electron chi connectivity index (χ1n) is 4.95. The first-order chi connectivity index (χ1) is 7.61. The van der Waals surface area contributed by atoms with E-state index in [2.05, 4.69) is 4.98 Å². The molecule has 1 heterocycles. The van der Waals surface area contributed by atoms with Crippen molar-refractivity contribution in [2.45, 2.75) is 19.0 Å². The molecule has 4 nitrogen and oxygen atoms in total. The zero-order chi connectivity index (χ0) is 11.7. The number of ketones is 1. The van der Waals surface area contributed by atoms with E-state index in [0.717, 1.165) is 5.56 Å². The second-order valence-electron chi connectivity index (χ2n) is 3.78. The summed E-state index contributed by atoms with van der Waals surface area (Å²) < 4.78 is 13.3. The fourth-order valence-electron chi connectivity index (χ4n) is 1.96. The van der Waals surface area contributed by atoms with Crippen molar-refractivity contribution < 1.29 is 19.1 Å². The number of halogens is 1. The molecule has 16 heavy (non-hydrogen) atoms. The van der Waals surface area contributed by atoms with Crippen LogP contribution >= 0.6 is 0 Å². The Kier molecular flexibility index (Phi) is 2.68. The first-order valence-corrected chi connectivity index (χ1v) is 4.95. The molecule has 2 atom stereocenters. The van der Waals surface area contributed by atoms with Crippen LogP contribution < -0.4 is 0 Å². The van der Waals surface area contributed by atoms with Gasteiger partial charge in [0.15, 0.2) is 5.78 Å². The van der Waals surface area contributed by atoms with Gasteiger partial charge in [-0.25, -0.2) is 9.18 Å². The van der Waals surface area contributed by atoms with E-state index in [0.29, 0.717) is 12.0 Å². The van der Waals surface area contributed by atoms with Crippen LogP contribution in [0.5, 0.6) is 0 Å². The lowest BCUT2D eigenvalue weighted by atomic mass is 9.81. The Morgan fingerprint density at radius 3 is 3.06 bits per heavy atom. The second-order valence-corrected chi connectivity index (χ2v) is 3.78. The lowest BCUT2D eigenvalue weighted by Gasteiger charge is -2.23. The van der Waals surface area contributed by atoms with Gasteiger partial charge in [-0.1, -0.05) is 0 Å². The molecule has 0 radical (unpaired) electrons. The Hall–Kier alpha value is -1.78. The number of aromatic nitrogens is 1. The molecule has 84 valence electrons. The topological polar surface area (TPSA) is 67.3 Å². The third-order valence-electron chi connectivity index (χ3n) is 2.82. The minimum absolute atomic E-state index is 0.227. The van der Waals surface area contributed by atoms with Crippen molar-refractivity contribution in [1.29, 1.82) is 0 Å². The average Bonchev–Trinajstić information content (AvgIpc) is 2.29. The highest BCUT2D eigenvalue weighted by molar-refractivity contribution is 6.02. The number of carboxylic acids is 1. The smallest absolute Gasteiger partial charge is 0.339 e. The Morgan fingerprint density at radius 1 is 1.62 bits per heavy atom. The van der Waals surface area contributed by atoms with Gasteiger partial charge in [0.25, 0.3) is 0 Å². The third kappa shape index (κ3) is 1.68. The SMILES string of the molecule is O=C(O)C(F)C1CCc2cnccc2C1=O. The van der Waals surface area contributed by atoms with Crippen molar-refractivity contribution in [2.24, 2.45) is 5.92 Å². The molecule has 1 aromatic heterocycles. The molecule has 0 bridgehead atoms. The predicted octanol–water partition coefficient (Wildman–Crippen LogP) is 1.25. The maximum Gasteiger partial charge on any atom is 0.339 e. The predicted molar refractivity (Wildman–Crippen MR) is 52.9 cm³/mol. The standard InChI is InChI=1S/C11H10FNO3/c12-9(11(15)16)8-2-1-6-5-13-4-3-7(6)10(8)14/h3-5,8-9H,1-2H2,(H,15,16). The molecule has 1 aliphatic rings. The van der Waals surface area contributed by atoms with Crippen LogP contribution in [0.3, 0.4) is 0 Å². The molecule has 5 heteroatoms. The molecule has 0 amide bonds. The van der Waals surface area contributed by atoms with Gasteiger partial charge in [0, 0.05) is 18.0 Å². The Labute approximate surface area is 91.1 Å². The number of carbonyl (C=O) groups is 2. The van der Waals surface area contributed by atoms with Gasteiger partial charge in [0.05, 0.1) is 5.92 Å². The third-order valence-corrected chi connectivity index (χ3v) is 2.82. The number of nitrogens with zero attached hydrogens (tertiary/aromatic N) is 1. The fourth-order valence-corrected chi connectivity index (χ4v) is 1.96. The van der Waals surface area contributed by atoms with E-state index in [-0.39, 0.29) is 6.42 Å². The van der Waals surface area contributed by atoms with Gasteiger partial charge in [0.1, 0.15) is 0 Å². The highest BCUT2D eigenvalue weighted by Gasteiger charge is 2.37. The molecule has 2 unspecified atom stereocenters. The molecule has 2 rings (SSSR count). The summed E-state index contributed by atoms with van der Waals surface area (Å²) in [6.07, 6.45) is 1.62. The maximum atomic E-state index is 13.3. The molecule has 0 spiro atoms. The van der Waals surface area contributed by atoms with Crippen LogP contribution in [0.2, 0.25) is 0 Å². The molecule has 1 aromatic rings. The number of carbonyl (C=O) groups excluding carboxylic acids is 1. The summed E-state index contributed by atoms with van der Waals surface area (Å²) in [5.41, 5.74) is 1.16. The van der Waals surface area contributed by atoms with E-state index in [1.165, 1.54) is 12.3 Å². The van der Waals surface area contributed by atoms with Crippen molar-refractivity contribution in [3.8, 4) is 0 Å². The number of alkyl halides is 1. The lowest BCUT2D eigenvalue weighted by molar-refractivity contribution is -0.144. The van der Waals surface area contributed by atoms with Crippen molar-refractivity contribution >= 4 is 11.8 Å². The molecule has 0 aliphatic heterocycles. The van der Waals surface area contributed by atoms with Crippen molar-refractivity contribution in [1.82, 2.24) is 4.98 Å². The van der Waals surface area contributed by atoms with Crippen LogP contribution in [0.15, 0.2) is 18.5 Å². The van der Waals surface area contributed by atoms with Gasteiger partial charge >= 0.3 is 5.97 Å². The molecular formula is C11H10FNO3. The Bertz CT molecular complexity index is 447. The maximum absolute atomic E-state index is 13.3. The summed E-state index contributed by atoms with van der Waals surface area (Å²) in [7, 11) is 0. The zero-order valence-corrected chi connectivity index (χ0v) is 8.39. The Morgan fingerprint density at radius 2 is 2.38 bits per heavy atom. The van der Waals surface area contributed by atoms with Crippen LogP contribution in [0.4, 0.5) is 4.39 Å². The molecule has 1 aliphatic carbocycles. The number of hydrogen-bond donors (Lipinski definition) is 1. The fraction of sp³-hybridized carbons (Fsp3) is 0.364. The number of aryl methyl sites for hydroxylation is 1. The number of Topliss-reactive ketones (excluding diaryl/α,β-unsaturated/α-hetero) is 1. The lowest BCUT2D eigenvalue weighted by Crippen LogP contribution is -2.35. The summed E-state index contributed by atoms with van der Waals surface area (Å²) in [5.74, 6) is -3.07. The number of fused-ring (bicyclic) bond motifs is 1. The van der Waals surface area contributed by atoms with Gasteiger partial charge in [-0.2, -0.15) is 0 Å². The molecule has 1 N–H and O–H groups in total. The van der Waals surface area contributed by atoms with Crippen molar-refractivity contribution in [3.05, 3.63) is 29.6 Å². The highest BCUT2D eigenvalue weighted by Crippen LogP contribution is 2.28. The molecular weight excluding hydrogens is 213 g/mol. The van der Waals surface area contributed by atoms with Crippen LogP contribution in [-0.4, -0.2) is 28.0 Å². The molecule has 0 saturated carbocycles. The normalized spacial score (nSPS) is 21.3. The van der Waals surface area contributed by atoms with Gasteiger partial charge in [0.2, 0.25) is 6.17 Å². The van der Waals surface area contributed by atoms with E-state index in [4.69, 9.17) is 5.11 Å².